The Morgan fingerprint density at radius 1 is 0.440 bits per heavy atom. The molecule has 632 valence electrons. The molecule has 0 saturated heterocycles. The summed E-state index contributed by atoms with van der Waals surface area (Å²) in [6.07, 6.45) is -3.66. The van der Waals surface area contributed by atoms with Gasteiger partial charge in [-0.2, -0.15) is 25.3 Å². The van der Waals surface area contributed by atoms with Gasteiger partial charge in [-0.1, -0.05) is 91.0 Å². The zero-order chi connectivity index (χ0) is 85.7. The number of aliphatic carboxylic acids is 1. The minimum Gasteiger partial charge on any atom is -0.480 e. The van der Waals surface area contributed by atoms with Gasteiger partial charge in [-0.05, 0) is 113 Å². The van der Waals surface area contributed by atoms with Gasteiger partial charge < -0.3 is 117 Å². The molecule has 26 N–H and O–H groups in total. The number of fused-ring (bicyclic) bond motifs is 1. The van der Waals surface area contributed by atoms with Crippen LogP contribution in [0, 0.1) is 5.82 Å². The van der Waals surface area contributed by atoms with Gasteiger partial charge in [0.05, 0.1) is 37.8 Å². The van der Waals surface area contributed by atoms with Crippen LogP contribution in [-0.4, -0.2) is 243 Å². The topological polar surface area (TPSA) is 613 Å². The van der Waals surface area contributed by atoms with E-state index in [0.29, 0.717) is 28.6 Å². The molecule has 0 aliphatic heterocycles. The van der Waals surface area contributed by atoms with Gasteiger partial charge >= 0.3 is 5.97 Å². The van der Waals surface area contributed by atoms with Crippen molar-refractivity contribution in [3.05, 3.63) is 143 Å². The first-order valence-electron chi connectivity index (χ1n) is 37.3. The summed E-state index contributed by atoms with van der Waals surface area (Å²) in [4.78, 5) is 211. The molecule has 116 heavy (non-hydrogen) atoms. The first-order chi connectivity index (χ1) is 55.2. The molecular formula is C76H105FN18O19S2. The second-order valence-electron chi connectivity index (χ2n) is 27.5. The fourth-order valence-electron chi connectivity index (χ4n) is 11.8. The number of nitrogens with two attached hydrogens (primary N) is 4. The average Bonchev–Trinajstić information content (AvgIpc) is 1.64. The van der Waals surface area contributed by atoms with E-state index in [2.05, 4.69) is 99.4 Å². The van der Waals surface area contributed by atoms with Gasteiger partial charge in [0.25, 0.3) is 0 Å². The number of rotatable bonds is 50. The molecule has 14 amide bonds. The number of carbonyl (C=O) groups is 15. The number of aromatic nitrogens is 1. The summed E-state index contributed by atoms with van der Waals surface area (Å²) in [5, 5.41) is 73.6. The number of carboxylic acids is 1. The van der Waals surface area contributed by atoms with Crippen molar-refractivity contribution in [2.75, 3.05) is 37.7 Å². The van der Waals surface area contributed by atoms with E-state index < -0.39 is 211 Å². The second-order valence-corrected chi connectivity index (χ2v) is 28.3. The largest absolute Gasteiger partial charge is 0.480 e. The van der Waals surface area contributed by atoms with Crippen LogP contribution >= 0.6 is 25.3 Å². The van der Waals surface area contributed by atoms with Gasteiger partial charge in [-0.25, -0.2) is 9.18 Å². The molecule has 1 heterocycles. The highest BCUT2D eigenvalue weighted by Crippen LogP contribution is 2.22. The minimum atomic E-state index is -1.95. The van der Waals surface area contributed by atoms with E-state index in [9.17, 15) is 78.0 Å². The summed E-state index contributed by atoms with van der Waals surface area (Å²) in [5.74, 6) is -17.5. The van der Waals surface area contributed by atoms with Crippen molar-refractivity contribution >= 4 is 125 Å². The number of hydrogen-bond acceptors (Lipinski definition) is 23. The number of thiol groups is 2. The van der Waals surface area contributed by atoms with Crippen molar-refractivity contribution in [1.29, 1.82) is 0 Å². The molecule has 40 heteroatoms. The molecule has 5 rings (SSSR count). The van der Waals surface area contributed by atoms with Gasteiger partial charge in [0, 0.05) is 54.3 Å². The number of halogens is 1. The smallest absolute Gasteiger partial charge is 0.327 e. The van der Waals surface area contributed by atoms with Crippen LogP contribution in [0.4, 0.5) is 4.39 Å². The van der Waals surface area contributed by atoms with E-state index in [1.807, 2.05) is 0 Å². The third kappa shape index (κ3) is 31.6. The summed E-state index contributed by atoms with van der Waals surface area (Å²) in [6.45, 7) is 2.23. The maximum absolute atomic E-state index is 15.4. The van der Waals surface area contributed by atoms with Crippen LogP contribution in [-0.2, 0) is 97.6 Å². The van der Waals surface area contributed by atoms with E-state index in [-0.39, 0.29) is 86.9 Å². The molecule has 0 radical (unpaired) electrons. The van der Waals surface area contributed by atoms with E-state index in [1.54, 1.807) is 91.0 Å². The van der Waals surface area contributed by atoms with Crippen LogP contribution in [0.15, 0.2) is 115 Å². The van der Waals surface area contributed by atoms with Gasteiger partial charge in [-0.3, -0.25) is 67.1 Å². The molecule has 0 saturated carbocycles. The minimum absolute atomic E-state index is 0.0925. The Balaban J connectivity index is 1.48. The van der Waals surface area contributed by atoms with Crippen molar-refractivity contribution < 1.29 is 96.7 Å². The van der Waals surface area contributed by atoms with E-state index >= 15 is 18.8 Å². The highest BCUT2D eigenvalue weighted by molar-refractivity contribution is 7.80. The maximum Gasteiger partial charge on any atom is 0.327 e. The van der Waals surface area contributed by atoms with Gasteiger partial charge in [0.15, 0.2) is 0 Å². The van der Waals surface area contributed by atoms with Gasteiger partial charge in [-0.15, -0.1) is 0 Å². The third-order valence-corrected chi connectivity index (χ3v) is 18.9. The van der Waals surface area contributed by atoms with E-state index in [0.717, 1.165) is 13.8 Å². The van der Waals surface area contributed by atoms with Gasteiger partial charge in [0.1, 0.15) is 78.3 Å². The Morgan fingerprint density at radius 2 is 0.802 bits per heavy atom. The number of hydrogen-bond donors (Lipinski definition) is 24. The number of unbranched alkanes of at least 4 members (excludes halogenated alkanes) is 2. The SMILES string of the molecule is C[C@H](N)C(=O)NCC(=O)N[C@@H](CS)C(=O)N[C@@H](CCCCN)C(=O)N[C@@H](CC(N)=O)C(=O)N[C@@H](Cc1ccccc1)C(=O)N[C@@H](Cc1ccccc1)C(=O)N[C@@H](Cc1c[nH]c2ccc(F)cc12)C(=O)N[C@@H](CCCCN)C(=O)N[C@H](C(=O)N[C@@H](Cc1ccccc1)C(=O)N[C@H](C(=O)N[C@@H](CO)C(=O)N[C@@H](CS)C(=O)O)[C@@H](C)O)[C@@H](C)O. The molecule has 0 fully saturated rings. The lowest BCUT2D eigenvalue weighted by molar-refractivity contribution is -0.142. The normalized spacial score (nSPS) is 15.0. The molecule has 15 atom stereocenters. The number of benzene rings is 4. The molecule has 4 aromatic carbocycles. The number of carbonyl (C=O) groups excluding carboxylic acids is 14. The van der Waals surface area contributed by atoms with Crippen LogP contribution in [0.2, 0.25) is 0 Å². The Kier molecular flexibility index (Phi) is 40.3. The number of amides is 14. The lowest BCUT2D eigenvalue weighted by Gasteiger charge is -2.29. The molecule has 0 aliphatic rings. The number of nitrogens with one attached hydrogen (secondary N) is 14. The molecule has 0 bridgehead atoms. The maximum atomic E-state index is 15.4. The Bertz CT molecular complexity index is 4160. The number of aromatic amines is 1. The van der Waals surface area contributed by atoms with Crippen LogP contribution in [0.3, 0.4) is 0 Å². The molecular weight excluding hydrogens is 1550 g/mol. The van der Waals surface area contributed by atoms with Crippen LogP contribution < -0.4 is 92.1 Å². The summed E-state index contributed by atoms with van der Waals surface area (Å²) < 4.78 is 15.1. The second kappa shape index (κ2) is 48.9. The van der Waals surface area contributed by atoms with E-state index in [4.69, 9.17) is 22.9 Å². The molecule has 0 unspecified atom stereocenters. The van der Waals surface area contributed by atoms with Crippen LogP contribution in [0.5, 0.6) is 0 Å². The monoisotopic (exact) mass is 1660 g/mol. The van der Waals surface area contributed by atoms with E-state index in [1.165, 1.54) is 31.3 Å². The Labute approximate surface area is 678 Å². The Hall–Kier alpha value is -11.1. The zero-order valence-electron chi connectivity index (χ0n) is 64.1. The number of aliphatic hydroxyl groups excluding tert-OH is 3. The number of H-pyrrole nitrogens is 1. The highest BCUT2D eigenvalue weighted by Gasteiger charge is 2.39. The van der Waals surface area contributed by atoms with Crippen LogP contribution in [0.25, 0.3) is 10.9 Å². The number of carboxylic acid groups (broad SMARTS) is 1. The first kappa shape index (κ1) is 95.4. The predicted octanol–water partition coefficient (Wildman–Crippen LogP) is -5.31. The van der Waals surface area contributed by atoms with Crippen molar-refractivity contribution in [3.63, 3.8) is 0 Å². The standard InChI is InChI=1S/C76H105FN18O19S2/c1-40(80)64(101)83-36-61(100)84-58(38-115)73(110)86-50(23-13-15-27-78)65(102)90-56(34-60(81)99)70(107)88-52(29-43-17-7-4-8-18-43)67(104)87-53(30-44-19-9-5-10-20-44)68(105)89-55(32-46-35-82-49-26-25-47(77)33-48(46)49)69(106)85-51(24-14-16-28-79)66(103)94-62(41(2)97)74(111)91-54(31-45-21-11-6-12-22-45)71(108)95-63(42(3)98)75(112)92-57(37-96)72(109)93-59(39-116)76(113)114/h4-12,17-22,25-26,33,35,40-42,50-59,62-63,82,96-98,115-116H,13-16,23-24,27-32,34,36-39,78-80H2,1-3H3,(H2,81,99)(H,83,101)(H,84,100)(H,85,106)(H,86,110)(H,87,104)(H,88,107)(H,89,105)(H,90,102)(H,91,111)(H,92,112)(H,93,109)(H,94,103)(H,95,108)(H,113,114)/t40-,41+,42+,50-,51-,52-,53-,54-,55-,56-,57-,58-,59-,62-,63-/m0/s1. The Morgan fingerprint density at radius 3 is 1.21 bits per heavy atom. The fraction of sp³-hybridized carbons (Fsp3) is 0.461. The summed E-state index contributed by atoms with van der Waals surface area (Å²) >= 11 is 8.07. The van der Waals surface area contributed by atoms with Crippen LogP contribution in [0.1, 0.15) is 88.0 Å². The summed E-state index contributed by atoms with van der Waals surface area (Å²) in [7, 11) is 0. The van der Waals surface area contributed by atoms with Crippen molar-refractivity contribution in [2.24, 2.45) is 22.9 Å². The summed E-state index contributed by atoms with van der Waals surface area (Å²) in [5.41, 5.74) is 24.8. The zero-order valence-corrected chi connectivity index (χ0v) is 65.9. The molecule has 37 nitrogen and oxygen atoms in total. The molecule has 5 aromatic rings. The average molecular weight is 1660 g/mol. The van der Waals surface area contributed by atoms with Crippen molar-refractivity contribution in [1.82, 2.24) is 74.1 Å². The predicted molar refractivity (Wildman–Crippen MR) is 428 cm³/mol. The molecule has 0 aliphatic carbocycles. The fourth-order valence-corrected chi connectivity index (χ4v) is 12.3. The number of aliphatic hydroxyl groups is 3. The quantitative estimate of drug-likeness (QED) is 0.0128. The van der Waals surface area contributed by atoms with Gasteiger partial charge in [0.2, 0.25) is 82.7 Å². The van der Waals surface area contributed by atoms with Crippen molar-refractivity contribution in [3.8, 4) is 0 Å². The third-order valence-electron chi connectivity index (χ3n) is 18.1. The lowest BCUT2D eigenvalue weighted by Crippen LogP contribution is -2.63. The first-order valence-corrected chi connectivity index (χ1v) is 38.6. The molecule has 0 spiro atoms. The lowest BCUT2D eigenvalue weighted by atomic mass is 10.00. The summed E-state index contributed by atoms with van der Waals surface area (Å²) in [6, 6.07) is 6.89. The highest BCUT2D eigenvalue weighted by atomic mass is 32.1. The van der Waals surface area contributed by atoms with Crippen molar-refractivity contribution in [2.45, 2.75) is 182 Å². The molecule has 1 aromatic heterocycles. The number of primary amides is 1.